The number of aryl methyl sites for hydroxylation is 1. The molecule has 0 N–H and O–H groups in total. The smallest absolute Gasteiger partial charge is 0.233 e. The molecule has 2 heterocycles. The van der Waals surface area contributed by atoms with E-state index < -0.39 is 9.84 Å². The Morgan fingerprint density at radius 2 is 1.88 bits per heavy atom. The van der Waals surface area contributed by atoms with E-state index in [4.69, 9.17) is 0 Å². The van der Waals surface area contributed by atoms with Crippen molar-refractivity contribution in [1.29, 1.82) is 0 Å². The quantitative estimate of drug-likeness (QED) is 0.453. The van der Waals surface area contributed by atoms with Crippen molar-refractivity contribution in [3.8, 4) is 11.4 Å². The van der Waals surface area contributed by atoms with E-state index in [-0.39, 0.29) is 35.0 Å². The number of amides is 1. The molecule has 1 saturated heterocycles. The second kappa shape index (κ2) is 10.0. The molecule has 0 spiro atoms. The lowest BCUT2D eigenvalue weighted by Crippen LogP contribution is -2.38. The maximum Gasteiger partial charge on any atom is 0.233 e. The first-order valence-electron chi connectivity index (χ1n) is 10.6. The summed E-state index contributed by atoms with van der Waals surface area (Å²) in [6.07, 6.45) is 1.15. The van der Waals surface area contributed by atoms with Crippen LogP contribution >= 0.6 is 11.8 Å². The third-order valence-corrected chi connectivity index (χ3v) is 8.47. The van der Waals surface area contributed by atoms with Gasteiger partial charge in [-0.05, 0) is 30.5 Å². The van der Waals surface area contributed by atoms with Crippen molar-refractivity contribution in [1.82, 2.24) is 19.7 Å². The summed E-state index contributed by atoms with van der Waals surface area (Å²) in [7, 11) is -1.44. The van der Waals surface area contributed by atoms with Gasteiger partial charge in [-0.3, -0.25) is 4.79 Å². The van der Waals surface area contributed by atoms with Crippen LogP contribution in [0.1, 0.15) is 12.0 Å². The third-order valence-electron chi connectivity index (χ3n) is 5.77. The van der Waals surface area contributed by atoms with Gasteiger partial charge in [-0.2, -0.15) is 0 Å². The van der Waals surface area contributed by atoms with Crippen LogP contribution in [0.2, 0.25) is 0 Å². The predicted octanol–water partition coefficient (Wildman–Crippen LogP) is 3.06. The molecule has 33 heavy (non-hydrogen) atoms. The summed E-state index contributed by atoms with van der Waals surface area (Å²) in [5.74, 6) is 0.0581. The first-order valence-corrected chi connectivity index (χ1v) is 13.5. The van der Waals surface area contributed by atoms with Crippen LogP contribution in [0, 0.1) is 5.82 Å². The minimum absolute atomic E-state index is 0.00456. The van der Waals surface area contributed by atoms with Gasteiger partial charge in [0.25, 0.3) is 0 Å². The number of carbonyl (C=O) groups excluding carboxylic acids is 1. The molecule has 0 radical (unpaired) electrons. The van der Waals surface area contributed by atoms with Gasteiger partial charge < -0.3 is 9.47 Å². The Morgan fingerprint density at radius 1 is 1.15 bits per heavy atom. The molecule has 0 aliphatic carbocycles. The zero-order chi connectivity index (χ0) is 23.4. The molecule has 1 atom stereocenters. The molecule has 0 bridgehead atoms. The third kappa shape index (κ3) is 5.62. The lowest BCUT2D eigenvalue weighted by molar-refractivity contribution is -0.128. The highest BCUT2D eigenvalue weighted by atomic mass is 32.2. The Morgan fingerprint density at radius 3 is 2.58 bits per heavy atom. The van der Waals surface area contributed by atoms with Crippen molar-refractivity contribution in [2.45, 2.75) is 30.6 Å². The fourth-order valence-electron chi connectivity index (χ4n) is 3.84. The molecular weight excluding hydrogens is 463 g/mol. The van der Waals surface area contributed by atoms with Crippen LogP contribution in [-0.2, 0) is 27.6 Å². The lowest BCUT2D eigenvalue weighted by atomic mass is 10.1. The van der Waals surface area contributed by atoms with Crippen molar-refractivity contribution in [2.24, 2.45) is 0 Å². The van der Waals surface area contributed by atoms with E-state index >= 15 is 0 Å². The molecule has 1 aliphatic heterocycles. The number of hydrogen-bond donors (Lipinski definition) is 0. The summed E-state index contributed by atoms with van der Waals surface area (Å²) in [4.78, 5) is 14.2. The van der Waals surface area contributed by atoms with E-state index in [9.17, 15) is 17.6 Å². The number of rotatable bonds is 8. The topological polar surface area (TPSA) is 85.2 Å². The van der Waals surface area contributed by atoms with Gasteiger partial charge in [0.05, 0.1) is 22.8 Å². The highest BCUT2D eigenvalue weighted by Gasteiger charge is 2.32. The standard InChI is InChI=1S/C23H25FN4O3S2/c1-27(18-12-14-33(30,31)16-18)21(29)15-32-23-26-25-22(19-9-5-6-10-20(19)24)28(23)13-11-17-7-3-2-4-8-17/h2-10,18H,11-16H2,1H3/t18-/m1/s1. The van der Waals surface area contributed by atoms with Crippen molar-refractivity contribution < 1.29 is 17.6 Å². The zero-order valence-electron chi connectivity index (χ0n) is 18.2. The van der Waals surface area contributed by atoms with Crippen molar-refractivity contribution in [3.05, 3.63) is 66.0 Å². The molecule has 3 aromatic rings. The van der Waals surface area contributed by atoms with Gasteiger partial charge in [0.1, 0.15) is 5.82 Å². The molecule has 7 nitrogen and oxygen atoms in total. The number of hydrogen-bond acceptors (Lipinski definition) is 6. The fraction of sp³-hybridized carbons (Fsp3) is 0.348. The van der Waals surface area contributed by atoms with Gasteiger partial charge in [0, 0.05) is 19.6 Å². The largest absolute Gasteiger partial charge is 0.341 e. The summed E-state index contributed by atoms with van der Waals surface area (Å²) >= 11 is 1.22. The number of aromatic nitrogens is 3. The molecule has 2 aromatic carbocycles. The minimum atomic E-state index is -3.08. The number of nitrogens with zero attached hydrogens (tertiary/aromatic N) is 4. The Balaban J connectivity index is 1.52. The maximum atomic E-state index is 14.5. The van der Waals surface area contributed by atoms with Gasteiger partial charge in [-0.1, -0.05) is 54.2 Å². The molecule has 0 unspecified atom stereocenters. The Hall–Kier alpha value is -2.72. The molecule has 4 rings (SSSR count). The first kappa shape index (κ1) is 23.4. The van der Waals surface area contributed by atoms with Crippen molar-refractivity contribution in [2.75, 3.05) is 24.3 Å². The van der Waals surface area contributed by atoms with Gasteiger partial charge in [-0.25, -0.2) is 12.8 Å². The Bertz CT molecular complexity index is 1230. The number of carbonyl (C=O) groups is 1. The normalized spacial score (nSPS) is 17.2. The molecule has 0 saturated carbocycles. The summed E-state index contributed by atoms with van der Waals surface area (Å²) in [5, 5.41) is 8.99. The average Bonchev–Trinajstić information content (AvgIpc) is 3.39. The van der Waals surface area contributed by atoms with Gasteiger partial charge in [0.15, 0.2) is 20.8 Å². The SMILES string of the molecule is CN(C(=O)CSc1nnc(-c2ccccc2F)n1CCc1ccccc1)[C@@H]1CCS(=O)(=O)C1. The van der Waals surface area contributed by atoms with E-state index in [0.29, 0.717) is 35.9 Å². The van der Waals surface area contributed by atoms with Gasteiger partial charge in [0.2, 0.25) is 5.91 Å². The fourth-order valence-corrected chi connectivity index (χ4v) is 6.50. The lowest BCUT2D eigenvalue weighted by Gasteiger charge is -2.23. The second-order valence-corrected chi connectivity index (χ2v) is 11.2. The summed E-state index contributed by atoms with van der Waals surface area (Å²) < 4.78 is 39.8. The number of benzene rings is 2. The second-order valence-electron chi connectivity index (χ2n) is 8.02. The number of thioether (sulfide) groups is 1. The van der Waals surface area contributed by atoms with Gasteiger partial charge >= 0.3 is 0 Å². The summed E-state index contributed by atoms with van der Waals surface area (Å²) in [6.45, 7) is 0.522. The predicted molar refractivity (Wildman–Crippen MR) is 126 cm³/mol. The van der Waals surface area contributed by atoms with Crippen molar-refractivity contribution >= 4 is 27.5 Å². The van der Waals surface area contributed by atoms with Crippen molar-refractivity contribution in [3.63, 3.8) is 0 Å². The zero-order valence-corrected chi connectivity index (χ0v) is 19.9. The summed E-state index contributed by atoms with van der Waals surface area (Å²) in [6, 6.07) is 16.0. The van der Waals surface area contributed by atoms with Crippen LogP contribution in [0.3, 0.4) is 0 Å². The van der Waals surface area contributed by atoms with Crippen LogP contribution in [-0.4, -0.2) is 64.3 Å². The van der Waals surface area contributed by atoms with Crippen LogP contribution < -0.4 is 0 Å². The van der Waals surface area contributed by atoms with Gasteiger partial charge in [-0.15, -0.1) is 10.2 Å². The van der Waals surface area contributed by atoms with Crippen LogP contribution in [0.15, 0.2) is 59.8 Å². The average molecular weight is 489 g/mol. The number of halogens is 1. The molecule has 1 fully saturated rings. The molecular formula is C23H25FN4O3S2. The van der Waals surface area contributed by atoms with Crippen LogP contribution in [0.25, 0.3) is 11.4 Å². The molecule has 10 heteroatoms. The number of sulfone groups is 1. The first-order chi connectivity index (χ1) is 15.8. The van der Waals surface area contributed by atoms with E-state index in [1.165, 1.54) is 22.7 Å². The Kier molecular flexibility index (Phi) is 7.14. The van der Waals surface area contributed by atoms with E-state index in [1.54, 1.807) is 25.2 Å². The highest BCUT2D eigenvalue weighted by Crippen LogP contribution is 2.27. The highest BCUT2D eigenvalue weighted by molar-refractivity contribution is 7.99. The molecule has 1 aliphatic rings. The van der Waals surface area contributed by atoms with E-state index in [1.807, 2.05) is 34.9 Å². The monoisotopic (exact) mass is 488 g/mol. The Labute approximate surface area is 196 Å². The molecule has 1 aromatic heterocycles. The maximum absolute atomic E-state index is 14.5. The molecule has 174 valence electrons. The van der Waals surface area contributed by atoms with E-state index in [2.05, 4.69) is 10.2 Å². The van der Waals surface area contributed by atoms with Crippen LogP contribution in [0.5, 0.6) is 0 Å². The summed E-state index contributed by atoms with van der Waals surface area (Å²) in [5.41, 5.74) is 1.48. The van der Waals surface area contributed by atoms with E-state index in [0.717, 1.165) is 5.56 Å². The minimum Gasteiger partial charge on any atom is -0.341 e. The molecule has 1 amide bonds. The van der Waals surface area contributed by atoms with Crippen LogP contribution in [0.4, 0.5) is 4.39 Å².